The SMILES string of the molecule is Clc1cc(Cl)nc(-c2ccsc2)n1. The molecule has 2 aromatic heterocycles. The molecule has 0 amide bonds. The fourth-order valence-electron chi connectivity index (χ4n) is 0.911. The first-order chi connectivity index (χ1) is 6.25. The average molecular weight is 231 g/mol. The minimum absolute atomic E-state index is 0.362. The van der Waals surface area contributed by atoms with E-state index >= 15 is 0 Å². The largest absolute Gasteiger partial charge is 0.216 e. The van der Waals surface area contributed by atoms with Gasteiger partial charge in [0.2, 0.25) is 0 Å². The Kier molecular flexibility index (Phi) is 2.49. The molecule has 0 aliphatic rings. The van der Waals surface area contributed by atoms with Crippen molar-refractivity contribution in [1.82, 2.24) is 9.97 Å². The molecule has 0 aromatic carbocycles. The molecule has 2 aromatic rings. The van der Waals surface area contributed by atoms with E-state index in [0.717, 1.165) is 5.56 Å². The van der Waals surface area contributed by atoms with E-state index < -0.39 is 0 Å². The highest BCUT2D eigenvalue weighted by molar-refractivity contribution is 7.08. The van der Waals surface area contributed by atoms with Gasteiger partial charge in [0.25, 0.3) is 0 Å². The molecule has 0 unspecified atom stereocenters. The van der Waals surface area contributed by atoms with Crippen LogP contribution in [0.15, 0.2) is 22.9 Å². The van der Waals surface area contributed by atoms with Crippen LogP contribution in [0.5, 0.6) is 0 Å². The van der Waals surface area contributed by atoms with Gasteiger partial charge in [0.15, 0.2) is 5.82 Å². The second-order valence-corrected chi connectivity index (χ2v) is 3.90. The van der Waals surface area contributed by atoms with Crippen LogP contribution in [0.25, 0.3) is 11.4 Å². The topological polar surface area (TPSA) is 25.8 Å². The van der Waals surface area contributed by atoms with Gasteiger partial charge in [-0.2, -0.15) is 11.3 Å². The first-order valence-electron chi connectivity index (χ1n) is 3.48. The summed E-state index contributed by atoms with van der Waals surface area (Å²) in [5, 5.41) is 4.62. The minimum atomic E-state index is 0.362. The molecule has 0 saturated heterocycles. The summed E-state index contributed by atoms with van der Waals surface area (Å²) < 4.78 is 0. The van der Waals surface area contributed by atoms with Crippen molar-refractivity contribution in [2.75, 3.05) is 0 Å². The van der Waals surface area contributed by atoms with Gasteiger partial charge in [-0.3, -0.25) is 0 Å². The minimum Gasteiger partial charge on any atom is -0.216 e. The predicted octanol–water partition coefficient (Wildman–Crippen LogP) is 3.51. The Hall–Kier alpha value is -0.640. The number of aromatic nitrogens is 2. The van der Waals surface area contributed by atoms with Crippen LogP contribution in [0.3, 0.4) is 0 Å². The molecule has 0 atom stereocenters. The molecule has 0 fully saturated rings. The van der Waals surface area contributed by atoms with Crippen LogP contribution in [0.2, 0.25) is 10.3 Å². The molecule has 5 heteroatoms. The number of rotatable bonds is 1. The lowest BCUT2D eigenvalue weighted by molar-refractivity contribution is 1.18. The lowest BCUT2D eigenvalue weighted by Gasteiger charge is -1.97. The summed E-state index contributed by atoms with van der Waals surface area (Å²) in [6.07, 6.45) is 0. The van der Waals surface area contributed by atoms with E-state index in [9.17, 15) is 0 Å². The summed E-state index contributed by atoms with van der Waals surface area (Å²) in [6, 6.07) is 3.44. The lowest BCUT2D eigenvalue weighted by Crippen LogP contribution is -1.87. The van der Waals surface area contributed by atoms with Gasteiger partial charge in [0.1, 0.15) is 10.3 Å². The summed E-state index contributed by atoms with van der Waals surface area (Å²) in [5.74, 6) is 0.568. The first-order valence-corrected chi connectivity index (χ1v) is 5.18. The molecule has 0 bridgehead atoms. The van der Waals surface area contributed by atoms with E-state index in [2.05, 4.69) is 9.97 Å². The third-order valence-corrected chi connectivity index (χ3v) is 2.51. The summed E-state index contributed by atoms with van der Waals surface area (Å²) in [7, 11) is 0. The Labute approximate surface area is 89.2 Å². The van der Waals surface area contributed by atoms with Crippen molar-refractivity contribution < 1.29 is 0 Å². The van der Waals surface area contributed by atoms with Crippen molar-refractivity contribution in [3.8, 4) is 11.4 Å². The third kappa shape index (κ3) is 1.99. The van der Waals surface area contributed by atoms with Gasteiger partial charge in [0.05, 0.1) is 0 Å². The zero-order chi connectivity index (χ0) is 9.26. The summed E-state index contributed by atoms with van der Waals surface area (Å²) in [5.41, 5.74) is 0.939. The van der Waals surface area contributed by atoms with E-state index in [0.29, 0.717) is 16.1 Å². The molecule has 0 spiro atoms. The van der Waals surface area contributed by atoms with E-state index in [-0.39, 0.29) is 0 Å². The Balaban J connectivity index is 2.53. The molecule has 2 nitrogen and oxygen atoms in total. The maximum Gasteiger partial charge on any atom is 0.163 e. The van der Waals surface area contributed by atoms with E-state index in [1.54, 1.807) is 11.3 Å². The molecule has 0 N–H and O–H groups in total. The number of hydrogen-bond acceptors (Lipinski definition) is 3. The fourth-order valence-corrected chi connectivity index (χ4v) is 1.97. The Morgan fingerprint density at radius 3 is 2.38 bits per heavy atom. The monoisotopic (exact) mass is 230 g/mol. The van der Waals surface area contributed by atoms with Crippen LogP contribution in [-0.4, -0.2) is 9.97 Å². The fraction of sp³-hybridized carbons (Fsp3) is 0. The highest BCUT2D eigenvalue weighted by Crippen LogP contribution is 2.21. The standard InChI is InChI=1S/C8H4Cl2N2S/c9-6-3-7(10)12-8(11-6)5-1-2-13-4-5/h1-4H. The van der Waals surface area contributed by atoms with Gasteiger partial charge in [-0.1, -0.05) is 23.2 Å². The maximum atomic E-state index is 5.73. The molecule has 2 rings (SSSR count). The van der Waals surface area contributed by atoms with Gasteiger partial charge >= 0.3 is 0 Å². The zero-order valence-electron chi connectivity index (χ0n) is 6.37. The van der Waals surface area contributed by atoms with Crippen molar-refractivity contribution in [2.24, 2.45) is 0 Å². The molecule has 66 valence electrons. The second kappa shape index (κ2) is 3.62. The number of hydrogen-bond donors (Lipinski definition) is 0. The summed E-state index contributed by atoms with van der Waals surface area (Å²) >= 11 is 13.0. The average Bonchev–Trinajstić information content (AvgIpc) is 2.53. The normalized spacial score (nSPS) is 10.3. The molecular weight excluding hydrogens is 227 g/mol. The molecule has 0 saturated carbocycles. The smallest absolute Gasteiger partial charge is 0.163 e. The van der Waals surface area contributed by atoms with Crippen LogP contribution in [0.4, 0.5) is 0 Å². The van der Waals surface area contributed by atoms with Crippen molar-refractivity contribution >= 4 is 34.5 Å². The molecule has 0 radical (unpaired) electrons. The van der Waals surface area contributed by atoms with Crippen molar-refractivity contribution in [2.45, 2.75) is 0 Å². The molecule has 2 heterocycles. The van der Waals surface area contributed by atoms with Crippen LogP contribution >= 0.6 is 34.5 Å². The van der Waals surface area contributed by atoms with Crippen LogP contribution in [-0.2, 0) is 0 Å². The summed E-state index contributed by atoms with van der Waals surface area (Å²) in [4.78, 5) is 8.11. The Bertz CT molecular complexity index is 394. The Morgan fingerprint density at radius 2 is 1.85 bits per heavy atom. The van der Waals surface area contributed by atoms with Crippen LogP contribution in [0.1, 0.15) is 0 Å². The second-order valence-electron chi connectivity index (χ2n) is 2.35. The first kappa shape index (κ1) is 8.94. The van der Waals surface area contributed by atoms with Gasteiger partial charge in [-0.25, -0.2) is 9.97 Å². The van der Waals surface area contributed by atoms with E-state index in [4.69, 9.17) is 23.2 Å². The lowest BCUT2D eigenvalue weighted by atomic mass is 10.3. The molecular formula is C8H4Cl2N2S. The van der Waals surface area contributed by atoms with Crippen molar-refractivity contribution in [3.05, 3.63) is 33.2 Å². The highest BCUT2D eigenvalue weighted by Gasteiger charge is 2.04. The number of nitrogens with zero attached hydrogens (tertiary/aromatic N) is 2. The number of thiophene rings is 1. The van der Waals surface area contributed by atoms with Gasteiger partial charge < -0.3 is 0 Å². The highest BCUT2D eigenvalue weighted by atomic mass is 35.5. The third-order valence-electron chi connectivity index (χ3n) is 1.44. The van der Waals surface area contributed by atoms with Crippen LogP contribution < -0.4 is 0 Å². The van der Waals surface area contributed by atoms with E-state index in [1.807, 2.05) is 16.8 Å². The van der Waals surface area contributed by atoms with Crippen molar-refractivity contribution in [3.63, 3.8) is 0 Å². The predicted molar refractivity (Wildman–Crippen MR) is 55.4 cm³/mol. The quantitative estimate of drug-likeness (QED) is 0.702. The molecule has 0 aliphatic carbocycles. The van der Waals surface area contributed by atoms with E-state index in [1.165, 1.54) is 6.07 Å². The van der Waals surface area contributed by atoms with Gasteiger partial charge in [0, 0.05) is 17.0 Å². The maximum absolute atomic E-state index is 5.73. The van der Waals surface area contributed by atoms with Gasteiger partial charge in [-0.15, -0.1) is 0 Å². The van der Waals surface area contributed by atoms with Crippen LogP contribution in [0, 0.1) is 0 Å². The zero-order valence-corrected chi connectivity index (χ0v) is 8.70. The molecule has 0 aliphatic heterocycles. The molecule has 13 heavy (non-hydrogen) atoms. The van der Waals surface area contributed by atoms with Crippen molar-refractivity contribution in [1.29, 1.82) is 0 Å². The number of halogens is 2. The Morgan fingerprint density at radius 1 is 1.15 bits per heavy atom. The van der Waals surface area contributed by atoms with Gasteiger partial charge in [-0.05, 0) is 11.4 Å². The summed E-state index contributed by atoms with van der Waals surface area (Å²) in [6.45, 7) is 0.